The summed E-state index contributed by atoms with van der Waals surface area (Å²) in [6, 6.07) is 4.64. The van der Waals surface area contributed by atoms with E-state index in [0.717, 1.165) is 27.8 Å². The third kappa shape index (κ3) is 4.09. The van der Waals surface area contributed by atoms with Gasteiger partial charge >= 0.3 is 11.7 Å². The average Bonchev–Trinajstić information content (AvgIpc) is 3.49. The predicted octanol–water partition coefficient (Wildman–Crippen LogP) is 2.63. The SMILES string of the molecule is CCN1Cc2c(cc(Cl)c3c2C=NC3)C[C@@H](NC(=O)N2CCC(n3c(=O)[nH]c4ncccc43)CC2)C1=O. The van der Waals surface area contributed by atoms with Gasteiger partial charge in [0.15, 0.2) is 5.65 Å². The van der Waals surface area contributed by atoms with Crippen molar-refractivity contribution in [2.45, 2.75) is 51.4 Å². The van der Waals surface area contributed by atoms with E-state index in [2.05, 4.69) is 20.3 Å². The number of likely N-dealkylation sites (tertiary alicyclic amines) is 1. The number of nitrogens with zero attached hydrogens (tertiary/aromatic N) is 5. The molecule has 0 unspecified atom stereocenters. The molecule has 0 radical (unpaired) electrons. The molecule has 0 saturated carbocycles. The number of carbonyl (C=O) groups is 2. The molecule has 6 rings (SSSR count). The zero-order valence-electron chi connectivity index (χ0n) is 20.5. The molecule has 1 fully saturated rings. The van der Waals surface area contributed by atoms with Crippen LogP contribution in [-0.2, 0) is 24.3 Å². The minimum absolute atomic E-state index is 0.0256. The first-order valence-electron chi connectivity index (χ1n) is 12.7. The van der Waals surface area contributed by atoms with Gasteiger partial charge in [0, 0.05) is 67.2 Å². The van der Waals surface area contributed by atoms with Gasteiger partial charge in [-0.25, -0.2) is 14.6 Å². The molecular formula is C26H28ClN7O3. The Morgan fingerprint density at radius 1 is 1.24 bits per heavy atom. The van der Waals surface area contributed by atoms with E-state index in [4.69, 9.17) is 11.6 Å². The van der Waals surface area contributed by atoms with Crippen LogP contribution in [0.15, 0.2) is 34.2 Å². The standard InChI is InChI=1S/C26H28ClN7O3/c1-2-32-14-19-15(10-20(27)18-13-28-12-17(18)19)11-21(24(32)35)30-25(36)33-8-5-16(6-9-33)34-22-4-3-7-29-23(22)31-26(34)37/h3-4,7,10,12,16,21H,2,5-6,8-9,11,13-14H2,1H3,(H,30,36)(H,29,31,37)/t21-/m1/s1. The molecule has 1 saturated heterocycles. The van der Waals surface area contributed by atoms with Gasteiger partial charge in [0.1, 0.15) is 6.04 Å². The lowest BCUT2D eigenvalue weighted by atomic mass is 9.94. The number of aliphatic imine (C=N–C) groups is 1. The highest BCUT2D eigenvalue weighted by atomic mass is 35.5. The largest absolute Gasteiger partial charge is 0.337 e. The maximum Gasteiger partial charge on any atom is 0.327 e. The van der Waals surface area contributed by atoms with Crippen molar-refractivity contribution in [3.05, 3.63) is 62.2 Å². The molecule has 1 aromatic carbocycles. The van der Waals surface area contributed by atoms with Crippen LogP contribution >= 0.6 is 11.6 Å². The fourth-order valence-corrected chi connectivity index (χ4v) is 6.08. The molecule has 0 bridgehead atoms. The number of H-pyrrole nitrogens is 1. The number of urea groups is 1. The molecule has 3 aliphatic heterocycles. The summed E-state index contributed by atoms with van der Waals surface area (Å²) >= 11 is 6.54. The van der Waals surface area contributed by atoms with Crippen molar-refractivity contribution >= 4 is 40.9 Å². The molecule has 3 aromatic rings. The summed E-state index contributed by atoms with van der Waals surface area (Å²) in [7, 11) is 0. The van der Waals surface area contributed by atoms with Crippen LogP contribution in [0.4, 0.5) is 4.79 Å². The molecular weight excluding hydrogens is 494 g/mol. The summed E-state index contributed by atoms with van der Waals surface area (Å²) in [6.45, 7) is 4.49. The number of halogens is 1. The van der Waals surface area contributed by atoms with Crippen LogP contribution in [0.25, 0.3) is 11.2 Å². The minimum Gasteiger partial charge on any atom is -0.337 e. The van der Waals surface area contributed by atoms with Gasteiger partial charge in [0.05, 0.1) is 12.1 Å². The van der Waals surface area contributed by atoms with E-state index in [-0.39, 0.29) is 23.7 Å². The Labute approximate surface area is 218 Å². The summed E-state index contributed by atoms with van der Waals surface area (Å²) in [4.78, 5) is 54.1. The molecule has 2 N–H and O–H groups in total. The van der Waals surface area contributed by atoms with Crippen LogP contribution < -0.4 is 11.0 Å². The van der Waals surface area contributed by atoms with E-state index in [0.29, 0.717) is 62.7 Å². The summed E-state index contributed by atoms with van der Waals surface area (Å²) in [6.07, 6.45) is 5.15. The van der Waals surface area contributed by atoms with Gasteiger partial charge in [0.25, 0.3) is 0 Å². The van der Waals surface area contributed by atoms with Gasteiger partial charge in [-0.3, -0.25) is 19.3 Å². The summed E-state index contributed by atoms with van der Waals surface area (Å²) < 4.78 is 1.74. The highest BCUT2D eigenvalue weighted by Gasteiger charge is 2.34. The van der Waals surface area contributed by atoms with Crippen LogP contribution in [0.3, 0.4) is 0 Å². The first kappa shape index (κ1) is 23.7. The lowest BCUT2D eigenvalue weighted by molar-refractivity contribution is -0.133. The number of likely N-dealkylation sites (N-methyl/N-ethyl adjacent to an activating group) is 1. The lowest BCUT2D eigenvalue weighted by Gasteiger charge is -2.33. The van der Waals surface area contributed by atoms with Gasteiger partial charge in [-0.1, -0.05) is 11.6 Å². The molecule has 37 heavy (non-hydrogen) atoms. The predicted molar refractivity (Wildman–Crippen MR) is 140 cm³/mol. The topological polar surface area (TPSA) is 116 Å². The Hall–Kier alpha value is -3.66. The van der Waals surface area contributed by atoms with E-state index < -0.39 is 6.04 Å². The summed E-state index contributed by atoms with van der Waals surface area (Å²) in [5.74, 6) is -0.0976. The van der Waals surface area contributed by atoms with E-state index in [1.165, 1.54) is 0 Å². The first-order chi connectivity index (χ1) is 17.9. The molecule has 1 atom stereocenters. The number of hydrogen-bond donors (Lipinski definition) is 2. The monoisotopic (exact) mass is 521 g/mol. The molecule has 3 aliphatic rings. The second-order valence-electron chi connectivity index (χ2n) is 9.81. The molecule has 11 heteroatoms. The number of nitrogens with one attached hydrogen (secondary N) is 2. The summed E-state index contributed by atoms with van der Waals surface area (Å²) in [5.41, 5.74) is 5.19. The highest BCUT2D eigenvalue weighted by Crippen LogP contribution is 2.33. The zero-order chi connectivity index (χ0) is 25.7. The smallest absolute Gasteiger partial charge is 0.327 e. The van der Waals surface area contributed by atoms with Crippen LogP contribution in [0, 0.1) is 0 Å². The third-order valence-electron chi connectivity index (χ3n) is 7.77. The Morgan fingerprint density at radius 2 is 2.05 bits per heavy atom. The summed E-state index contributed by atoms with van der Waals surface area (Å²) in [5, 5.41) is 3.65. The molecule has 0 spiro atoms. The average molecular weight is 522 g/mol. The number of fused-ring (bicyclic) bond motifs is 4. The van der Waals surface area contributed by atoms with Crippen molar-refractivity contribution in [2.24, 2.45) is 4.99 Å². The number of carbonyl (C=O) groups excluding carboxylic acids is 2. The molecule has 192 valence electrons. The normalized spacial score (nSPS) is 19.7. The second kappa shape index (κ2) is 9.33. The maximum absolute atomic E-state index is 13.4. The number of amides is 3. The number of benzene rings is 1. The minimum atomic E-state index is -0.679. The number of piperidine rings is 1. The Morgan fingerprint density at radius 3 is 2.84 bits per heavy atom. The van der Waals surface area contributed by atoms with E-state index >= 15 is 0 Å². The van der Waals surface area contributed by atoms with Crippen molar-refractivity contribution in [3.8, 4) is 0 Å². The van der Waals surface area contributed by atoms with E-state index in [1.54, 1.807) is 20.6 Å². The van der Waals surface area contributed by atoms with Gasteiger partial charge < -0.3 is 15.1 Å². The number of imidazole rings is 1. The van der Waals surface area contributed by atoms with Gasteiger partial charge in [-0.05, 0) is 49.1 Å². The van der Waals surface area contributed by atoms with E-state index in [1.807, 2.05) is 31.3 Å². The van der Waals surface area contributed by atoms with Crippen LogP contribution in [0.5, 0.6) is 0 Å². The van der Waals surface area contributed by atoms with E-state index in [9.17, 15) is 14.4 Å². The van der Waals surface area contributed by atoms with Crippen LogP contribution in [-0.4, -0.2) is 68.2 Å². The number of aromatic amines is 1. The van der Waals surface area contributed by atoms with Crippen molar-refractivity contribution in [1.82, 2.24) is 29.7 Å². The lowest BCUT2D eigenvalue weighted by Crippen LogP contribution is -2.53. The quantitative estimate of drug-likeness (QED) is 0.551. The van der Waals surface area contributed by atoms with Crippen LogP contribution in [0.1, 0.15) is 48.1 Å². The number of aromatic nitrogens is 3. The Bertz CT molecular complexity index is 1490. The van der Waals surface area contributed by atoms with Crippen molar-refractivity contribution in [3.63, 3.8) is 0 Å². The van der Waals surface area contributed by atoms with Gasteiger partial charge in [-0.2, -0.15) is 0 Å². The van der Waals surface area contributed by atoms with Gasteiger partial charge in [-0.15, -0.1) is 0 Å². The van der Waals surface area contributed by atoms with Crippen molar-refractivity contribution < 1.29 is 9.59 Å². The molecule has 3 amide bonds. The number of rotatable bonds is 3. The fraction of sp³-hybridized carbons (Fsp3) is 0.423. The number of pyridine rings is 1. The van der Waals surface area contributed by atoms with Crippen molar-refractivity contribution in [1.29, 1.82) is 0 Å². The first-order valence-corrected chi connectivity index (χ1v) is 13.0. The van der Waals surface area contributed by atoms with Crippen LogP contribution in [0.2, 0.25) is 5.02 Å². The third-order valence-corrected chi connectivity index (χ3v) is 8.10. The second-order valence-corrected chi connectivity index (χ2v) is 10.2. The molecule has 10 nitrogen and oxygen atoms in total. The number of hydrogen-bond acceptors (Lipinski definition) is 5. The van der Waals surface area contributed by atoms with Gasteiger partial charge in [0.2, 0.25) is 5.91 Å². The zero-order valence-corrected chi connectivity index (χ0v) is 21.3. The molecule has 5 heterocycles. The Balaban J connectivity index is 1.18. The molecule has 0 aliphatic carbocycles. The van der Waals surface area contributed by atoms with Crippen molar-refractivity contribution in [2.75, 3.05) is 19.6 Å². The highest BCUT2D eigenvalue weighted by molar-refractivity contribution is 6.32. The Kier molecular flexibility index (Phi) is 5.98. The fourth-order valence-electron chi connectivity index (χ4n) is 5.79. The maximum atomic E-state index is 13.4. The molecule has 2 aromatic heterocycles.